The molecule has 0 aromatic carbocycles. The van der Waals surface area contributed by atoms with Crippen LogP contribution in [0.4, 0.5) is 0 Å². The number of hydrogen-bond donors (Lipinski definition) is 0. The van der Waals surface area contributed by atoms with Crippen LogP contribution in [0.1, 0.15) is 66.2 Å². The van der Waals surface area contributed by atoms with E-state index in [0.29, 0.717) is 18.8 Å². The highest BCUT2D eigenvalue weighted by Gasteiger charge is 2.50. The lowest BCUT2D eigenvalue weighted by Crippen LogP contribution is -2.30. The molecule has 0 aromatic rings. The van der Waals surface area contributed by atoms with Crippen LogP contribution < -0.4 is 0 Å². The maximum atomic E-state index is 12.8. The zero-order valence-electron chi connectivity index (χ0n) is 16.2. The second kappa shape index (κ2) is 8.16. The number of allylic oxidation sites excluding steroid dienone is 4. The summed E-state index contributed by atoms with van der Waals surface area (Å²) in [5, 5.41) is 0. The zero-order valence-corrected chi connectivity index (χ0v) is 16.2. The van der Waals surface area contributed by atoms with Crippen LogP contribution in [0.5, 0.6) is 0 Å². The van der Waals surface area contributed by atoms with Crippen molar-refractivity contribution >= 4 is 11.8 Å². The minimum atomic E-state index is -0.321. The van der Waals surface area contributed by atoms with Crippen molar-refractivity contribution in [2.45, 2.75) is 66.2 Å². The summed E-state index contributed by atoms with van der Waals surface area (Å²) < 4.78 is 5.23. The fraction of sp³-hybridized carbons (Fsp3) is 0.636. The average Bonchev–Trinajstić information content (AvgIpc) is 2.78. The van der Waals surface area contributed by atoms with E-state index < -0.39 is 0 Å². The molecule has 138 valence electrons. The normalized spacial score (nSPS) is 30.6. The summed E-state index contributed by atoms with van der Waals surface area (Å²) in [4.78, 5) is 24.0. The number of ketones is 1. The predicted octanol–water partition coefficient (Wildman–Crippen LogP) is 5.17. The van der Waals surface area contributed by atoms with E-state index in [4.69, 9.17) is 4.74 Å². The summed E-state index contributed by atoms with van der Waals surface area (Å²) in [6.45, 7) is 12.3. The van der Waals surface area contributed by atoms with Gasteiger partial charge in [-0.3, -0.25) is 9.59 Å². The molecule has 0 bridgehead atoms. The average molecular weight is 344 g/mol. The third kappa shape index (κ3) is 4.71. The third-order valence-corrected chi connectivity index (χ3v) is 6.04. The van der Waals surface area contributed by atoms with E-state index in [2.05, 4.69) is 32.6 Å². The number of fused-ring (bicyclic) bond motifs is 1. The van der Waals surface area contributed by atoms with Crippen LogP contribution in [0.3, 0.4) is 0 Å². The van der Waals surface area contributed by atoms with E-state index in [1.54, 1.807) is 0 Å². The van der Waals surface area contributed by atoms with Gasteiger partial charge in [-0.1, -0.05) is 36.8 Å². The molecule has 1 saturated carbocycles. The van der Waals surface area contributed by atoms with E-state index in [-0.39, 0.29) is 23.2 Å². The van der Waals surface area contributed by atoms with Gasteiger partial charge in [0, 0.05) is 18.8 Å². The minimum Gasteiger partial charge on any atom is -0.461 e. The monoisotopic (exact) mass is 344 g/mol. The van der Waals surface area contributed by atoms with Gasteiger partial charge in [0.2, 0.25) is 0 Å². The van der Waals surface area contributed by atoms with Gasteiger partial charge >= 0.3 is 5.97 Å². The second-order valence-electron chi connectivity index (χ2n) is 8.09. The van der Waals surface area contributed by atoms with E-state index in [1.807, 2.05) is 6.92 Å². The molecule has 0 spiro atoms. The van der Waals surface area contributed by atoms with Crippen LogP contribution in [-0.2, 0) is 14.3 Å². The molecule has 2 aliphatic rings. The Morgan fingerprint density at radius 3 is 2.68 bits per heavy atom. The number of esters is 1. The first-order valence-electron chi connectivity index (χ1n) is 9.39. The Labute approximate surface area is 152 Å². The third-order valence-electron chi connectivity index (χ3n) is 6.04. The molecule has 3 unspecified atom stereocenters. The Balaban J connectivity index is 2.33. The maximum Gasteiger partial charge on any atom is 0.302 e. The van der Waals surface area contributed by atoms with Crippen molar-refractivity contribution in [1.29, 1.82) is 0 Å². The molecule has 3 heteroatoms. The van der Waals surface area contributed by atoms with Crippen molar-refractivity contribution in [2.24, 2.45) is 17.3 Å². The Kier molecular flexibility index (Phi) is 6.42. The van der Waals surface area contributed by atoms with Gasteiger partial charge < -0.3 is 4.74 Å². The van der Waals surface area contributed by atoms with Gasteiger partial charge in [-0.05, 0) is 63.4 Å². The molecule has 2 aliphatic carbocycles. The van der Waals surface area contributed by atoms with Crippen molar-refractivity contribution in [3.8, 4) is 0 Å². The highest BCUT2D eigenvalue weighted by atomic mass is 16.5. The number of carbonyl (C=O) groups excluding carboxylic acids is 2. The fourth-order valence-electron chi connectivity index (χ4n) is 4.24. The smallest absolute Gasteiger partial charge is 0.302 e. The van der Waals surface area contributed by atoms with Crippen molar-refractivity contribution in [3.05, 3.63) is 35.5 Å². The van der Waals surface area contributed by atoms with Crippen molar-refractivity contribution in [2.75, 3.05) is 6.61 Å². The van der Waals surface area contributed by atoms with Crippen molar-refractivity contribution in [1.82, 2.24) is 0 Å². The molecule has 0 amide bonds. The lowest BCUT2D eigenvalue weighted by atomic mass is 9.71. The molecule has 0 N–H and O–H groups in total. The highest BCUT2D eigenvalue weighted by molar-refractivity contribution is 5.88. The lowest BCUT2D eigenvalue weighted by molar-refractivity contribution is -0.140. The first kappa shape index (κ1) is 19.7. The Bertz CT molecular complexity index is 611. The standard InChI is InChI=1S/C22H32O3/c1-15(2)19-13-21(24)22(5)12-11-16(3)7-6-8-18(9-10-20(19)22)14-25-17(4)23/h9,11,19-20H,1,6-8,10,12-14H2,2-5H3. The van der Waals surface area contributed by atoms with Crippen LogP contribution >= 0.6 is 0 Å². The Hall–Kier alpha value is -1.64. The zero-order chi connectivity index (χ0) is 18.6. The van der Waals surface area contributed by atoms with Crippen molar-refractivity contribution in [3.63, 3.8) is 0 Å². The first-order valence-corrected chi connectivity index (χ1v) is 9.39. The number of Topliss-reactive ketones (excluding diaryl/α,β-unsaturated/α-hetero) is 1. The van der Waals surface area contributed by atoms with E-state index in [0.717, 1.165) is 37.7 Å². The Morgan fingerprint density at radius 1 is 1.32 bits per heavy atom. The number of carbonyl (C=O) groups is 2. The van der Waals surface area contributed by atoms with Gasteiger partial charge in [0.05, 0.1) is 0 Å². The number of ether oxygens (including phenoxy) is 1. The highest BCUT2D eigenvalue weighted by Crippen LogP contribution is 2.51. The van der Waals surface area contributed by atoms with E-state index in [9.17, 15) is 9.59 Å². The molecular weight excluding hydrogens is 312 g/mol. The second-order valence-corrected chi connectivity index (χ2v) is 8.09. The minimum absolute atomic E-state index is 0.244. The van der Waals surface area contributed by atoms with Crippen molar-refractivity contribution < 1.29 is 14.3 Å². The molecule has 25 heavy (non-hydrogen) atoms. The van der Waals surface area contributed by atoms with Crippen LogP contribution in [0.2, 0.25) is 0 Å². The Morgan fingerprint density at radius 2 is 2.04 bits per heavy atom. The largest absolute Gasteiger partial charge is 0.461 e. The van der Waals surface area contributed by atoms with Gasteiger partial charge in [-0.15, -0.1) is 0 Å². The molecule has 3 nitrogen and oxygen atoms in total. The molecule has 2 rings (SSSR count). The van der Waals surface area contributed by atoms with E-state index in [1.165, 1.54) is 18.1 Å². The molecular formula is C22H32O3. The summed E-state index contributed by atoms with van der Waals surface area (Å²) >= 11 is 0. The summed E-state index contributed by atoms with van der Waals surface area (Å²) in [6, 6.07) is 0. The molecule has 0 aromatic heterocycles. The topological polar surface area (TPSA) is 43.4 Å². The van der Waals surface area contributed by atoms with Crippen LogP contribution in [0, 0.1) is 17.3 Å². The quantitative estimate of drug-likeness (QED) is 0.524. The van der Waals surface area contributed by atoms with Gasteiger partial charge in [-0.2, -0.15) is 0 Å². The molecule has 0 heterocycles. The molecule has 0 saturated heterocycles. The van der Waals surface area contributed by atoms with Crippen LogP contribution in [0.25, 0.3) is 0 Å². The van der Waals surface area contributed by atoms with Gasteiger partial charge in [0.25, 0.3) is 0 Å². The van der Waals surface area contributed by atoms with Gasteiger partial charge in [-0.25, -0.2) is 0 Å². The van der Waals surface area contributed by atoms with Gasteiger partial charge in [0.1, 0.15) is 12.4 Å². The lowest BCUT2D eigenvalue weighted by Gasteiger charge is -2.32. The first-order chi connectivity index (χ1) is 11.7. The van der Waals surface area contributed by atoms with Crippen LogP contribution in [0.15, 0.2) is 35.5 Å². The summed E-state index contributed by atoms with van der Waals surface area (Å²) in [5.41, 5.74) is 3.30. The fourth-order valence-corrected chi connectivity index (χ4v) is 4.24. The summed E-state index contributed by atoms with van der Waals surface area (Å²) in [5.74, 6) is 0.640. The van der Waals surface area contributed by atoms with Gasteiger partial charge in [0.15, 0.2) is 0 Å². The van der Waals surface area contributed by atoms with Crippen LogP contribution in [-0.4, -0.2) is 18.4 Å². The maximum absolute atomic E-state index is 12.8. The molecule has 0 aliphatic heterocycles. The number of hydrogen-bond acceptors (Lipinski definition) is 3. The summed E-state index contributed by atoms with van der Waals surface area (Å²) in [6.07, 6.45) is 9.78. The van der Waals surface area contributed by atoms with E-state index >= 15 is 0 Å². The SMILES string of the molecule is C=C(C)C1CC(=O)C2(C)CC=C(C)CCCC(COC(C)=O)=CCC12. The predicted molar refractivity (Wildman–Crippen MR) is 101 cm³/mol. The molecule has 1 fully saturated rings. The number of rotatable bonds is 3. The molecule has 3 atom stereocenters. The summed E-state index contributed by atoms with van der Waals surface area (Å²) in [7, 11) is 0. The molecule has 0 radical (unpaired) electrons.